The Morgan fingerprint density at radius 2 is 1.96 bits per heavy atom. The molecule has 0 saturated carbocycles. The molecule has 1 amide bonds. The molecule has 23 heavy (non-hydrogen) atoms. The Morgan fingerprint density at radius 3 is 2.57 bits per heavy atom. The second-order valence-corrected chi connectivity index (χ2v) is 5.59. The van der Waals surface area contributed by atoms with Crippen molar-refractivity contribution in [2.24, 2.45) is 0 Å². The highest BCUT2D eigenvalue weighted by atomic mass is 16.5. The van der Waals surface area contributed by atoms with E-state index >= 15 is 0 Å². The monoisotopic (exact) mass is 314 g/mol. The SMILES string of the molecule is COC(=O)c1ccc(C(=O)N2CCC[C@@H]2c2cc(C)on2)cc1. The minimum absolute atomic E-state index is 0.0553. The van der Waals surface area contributed by atoms with E-state index in [0.717, 1.165) is 24.3 Å². The van der Waals surface area contributed by atoms with Crippen LogP contribution in [-0.4, -0.2) is 35.6 Å². The summed E-state index contributed by atoms with van der Waals surface area (Å²) < 4.78 is 9.79. The highest BCUT2D eigenvalue weighted by Crippen LogP contribution is 2.32. The van der Waals surface area contributed by atoms with Crippen molar-refractivity contribution in [1.82, 2.24) is 10.1 Å². The smallest absolute Gasteiger partial charge is 0.337 e. The van der Waals surface area contributed by atoms with Gasteiger partial charge in [-0.05, 0) is 44.0 Å². The third-order valence-corrected chi connectivity index (χ3v) is 4.05. The molecule has 1 aromatic carbocycles. The van der Waals surface area contributed by atoms with Crippen LogP contribution in [0.2, 0.25) is 0 Å². The van der Waals surface area contributed by atoms with E-state index in [1.54, 1.807) is 24.3 Å². The molecule has 0 N–H and O–H groups in total. The summed E-state index contributed by atoms with van der Waals surface area (Å²) in [4.78, 5) is 26.0. The van der Waals surface area contributed by atoms with Crippen LogP contribution in [0.3, 0.4) is 0 Å². The molecule has 1 saturated heterocycles. The summed E-state index contributed by atoms with van der Waals surface area (Å²) in [6.07, 6.45) is 1.81. The fourth-order valence-electron chi connectivity index (χ4n) is 2.89. The summed E-state index contributed by atoms with van der Waals surface area (Å²) in [7, 11) is 1.33. The first-order chi connectivity index (χ1) is 11.1. The molecule has 0 bridgehead atoms. The van der Waals surface area contributed by atoms with Gasteiger partial charge < -0.3 is 14.2 Å². The maximum absolute atomic E-state index is 12.7. The fourth-order valence-corrected chi connectivity index (χ4v) is 2.89. The van der Waals surface area contributed by atoms with Crippen LogP contribution in [-0.2, 0) is 4.74 Å². The van der Waals surface area contributed by atoms with E-state index in [1.807, 2.05) is 17.9 Å². The molecule has 1 fully saturated rings. The molecule has 0 spiro atoms. The van der Waals surface area contributed by atoms with Gasteiger partial charge in [-0.1, -0.05) is 5.16 Å². The molecule has 2 heterocycles. The van der Waals surface area contributed by atoms with E-state index in [1.165, 1.54) is 7.11 Å². The minimum Gasteiger partial charge on any atom is -0.465 e. The van der Waals surface area contributed by atoms with Crippen LogP contribution < -0.4 is 0 Å². The Bertz CT molecular complexity index is 720. The Balaban J connectivity index is 1.80. The van der Waals surface area contributed by atoms with Gasteiger partial charge in [0.05, 0.1) is 18.7 Å². The van der Waals surface area contributed by atoms with E-state index in [0.29, 0.717) is 17.7 Å². The van der Waals surface area contributed by atoms with Gasteiger partial charge in [-0.25, -0.2) is 4.79 Å². The topological polar surface area (TPSA) is 72.6 Å². The first-order valence-corrected chi connectivity index (χ1v) is 7.52. The number of likely N-dealkylation sites (tertiary alicyclic amines) is 1. The standard InChI is InChI=1S/C17H18N2O4/c1-11-10-14(18-23-11)15-4-3-9-19(15)16(20)12-5-7-13(8-6-12)17(21)22-2/h5-8,10,15H,3-4,9H2,1-2H3/t15-/m1/s1. The molecule has 3 rings (SSSR count). The van der Waals surface area contributed by atoms with Crippen molar-refractivity contribution in [3.8, 4) is 0 Å². The molecule has 6 nitrogen and oxygen atoms in total. The Hall–Kier alpha value is -2.63. The minimum atomic E-state index is -0.416. The number of hydrogen-bond acceptors (Lipinski definition) is 5. The van der Waals surface area contributed by atoms with Crippen molar-refractivity contribution in [2.75, 3.05) is 13.7 Å². The maximum atomic E-state index is 12.7. The Kier molecular flexibility index (Phi) is 4.14. The van der Waals surface area contributed by atoms with E-state index in [4.69, 9.17) is 4.52 Å². The van der Waals surface area contributed by atoms with E-state index in [9.17, 15) is 9.59 Å². The largest absolute Gasteiger partial charge is 0.465 e. The van der Waals surface area contributed by atoms with Crippen LogP contribution in [0.4, 0.5) is 0 Å². The number of methoxy groups -OCH3 is 1. The van der Waals surface area contributed by atoms with Crippen molar-refractivity contribution in [3.63, 3.8) is 0 Å². The van der Waals surface area contributed by atoms with Crippen molar-refractivity contribution in [2.45, 2.75) is 25.8 Å². The lowest BCUT2D eigenvalue weighted by Crippen LogP contribution is -2.30. The summed E-state index contributed by atoms with van der Waals surface area (Å²) in [5.41, 5.74) is 1.76. The van der Waals surface area contributed by atoms with Gasteiger partial charge in [0.15, 0.2) is 0 Å². The lowest BCUT2D eigenvalue weighted by molar-refractivity contribution is 0.0599. The number of ether oxygens (including phenoxy) is 1. The number of aryl methyl sites for hydroxylation is 1. The first kappa shape index (κ1) is 15.3. The molecular weight excluding hydrogens is 296 g/mol. The van der Waals surface area contributed by atoms with Crippen LogP contribution >= 0.6 is 0 Å². The van der Waals surface area contributed by atoms with E-state index in [-0.39, 0.29) is 11.9 Å². The molecular formula is C17H18N2O4. The molecule has 1 aromatic heterocycles. The molecule has 120 valence electrons. The zero-order chi connectivity index (χ0) is 16.4. The van der Waals surface area contributed by atoms with Gasteiger partial charge in [-0.3, -0.25) is 4.79 Å². The Morgan fingerprint density at radius 1 is 1.26 bits per heavy atom. The lowest BCUT2D eigenvalue weighted by atomic mass is 10.1. The van der Waals surface area contributed by atoms with Crippen LogP contribution in [0.1, 0.15) is 51.1 Å². The van der Waals surface area contributed by atoms with E-state index < -0.39 is 5.97 Å². The van der Waals surface area contributed by atoms with Gasteiger partial charge in [0.25, 0.3) is 5.91 Å². The highest BCUT2D eigenvalue weighted by Gasteiger charge is 2.32. The summed E-state index contributed by atoms with van der Waals surface area (Å²) in [5.74, 6) is 0.257. The lowest BCUT2D eigenvalue weighted by Gasteiger charge is -2.23. The number of nitrogens with zero attached hydrogens (tertiary/aromatic N) is 2. The van der Waals surface area contributed by atoms with Crippen molar-refractivity contribution in [1.29, 1.82) is 0 Å². The summed E-state index contributed by atoms with van der Waals surface area (Å²) in [5, 5.41) is 4.04. The van der Waals surface area contributed by atoms with E-state index in [2.05, 4.69) is 9.89 Å². The number of amides is 1. The summed E-state index contributed by atoms with van der Waals surface area (Å²) in [6, 6.07) is 8.32. The van der Waals surface area contributed by atoms with Crippen LogP contribution in [0.5, 0.6) is 0 Å². The second-order valence-electron chi connectivity index (χ2n) is 5.59. The van der Waals surface area contributed by atoms with Crippen LogP contribution in [0.25, 0.3) is 0 Å². The molecule has 1 aliphatic rings. The number of carbonyl (C=O) groups excluding carboxylic acids is 2. The van der Waals surface area contributed by atoms with Gasteiger partial charge >= 0.3 is 5.97 Å². The van der Waals surface area contributed by atoms with Crippen molar-refractivity contribution >= 4 is 11.9 Å². The second kappa shape index (κ2) is 6.24. The zero-order valence-electron chi connectivity index (χ0n) is 13.1. The fraction of sp³-hybridized carbons (Fsp3) is 0.353. The van der Waals surface area contributed by atoms with Crippen LogP contribution in [0, 0.1) is 6.92 Å². The number of hydrogen-bond donors (Lipinski definition) is 0. The summed E-state index contributed by atoms with van der Waals surface area (Å²) in [6.45, 7) is 2.53. The molecule has 1 atom stereocenters. The quantitative estimate of drug-likeness (QED) is 0.815. The number of aromatic nitrogens is 1. The number of carbonyl (C=O) groups is 2. The average Bonchev–Trinajstić information content (AvgIpc) is 3.22. The highest BCUT2D eigenvalue weighted by molar-refractivity contribution is 5.96. The molecule has 0 aliphatic carbocycles. The third kappa shape index (κ3) is 2.97. The van der Waals surface area contributed by atoms with Gasteiger partial charge in [-0.2, -0.15) is 0 Å². The number of rotatable bonds is 3. The summed E-state index contributed by atoms with van der Waals surface area (Å²) >= 11 is 0. The van der Waals surface area contributed by atoms with Gasteiger partial charge in [0.2, 0.25) is 0 Å². The molecule has 2 aromatic rings. The van der Waals surface area contributed by atoms with Crippen LogP contribution in [0.15, 0.2) is 34.9 Å². The van der Waals surface area contributed by atoms with Crippen molar-refractivity contribution in [3.05, 3.63) is 52.9 Å². The van der Waals surface area contributed by atoms with Crippen molar-refractivity contribution < 1.29 is 18.8 Å². The predicted molar refractivity (Wildman–Crippen MR) is 82.0 cm³/mol. The van der Waals surface area contributed by atoms with Gasteiger partial charge in [-0.15, -0.1) is 0 Å². The Labute approximate surface area is 134 Å². The number of benzene rings is 1. The molecule has 1 aliphatic heterocycles. The third-order valence-electron chi connectivity index (χ3n) is 4.05. The molecule has 0 radical (unpaired) electrons. The first-order valence-electron chi connectivity index (χ1n) is 7.52. The van der Waals surface area contributed by atoms with Gasteiger partial charge in [0.1, 0.15) is 11.5 Å². The number of esters is 1. The average molecular weight is 314 g/mol. The van der Waals surface area contributed by atoms with Gasteiger partial charge in [0, 0.05) is 18.2 Å². The maximum Gasteiger partial charge on any atom is 0.337 e. The predicted octanol–water partition coefficient (Wildman–Crippen LogP) is 2.75. The zero-order valence-corrected chi connectivity index (χ0v) is 13.1. The molecule has 6 heteroatoms. The normalized spacial score (nSPS) is 17.3. The molecule has 0 unspecified atom stereocenters.